The summed E-state index contributed by atoms with van der Waals surface area (Å²) in [5, 5.41) is 9.09. The molecule has 10 heteroatoms. The first-order valence-corrected chi connectivity index (χ1v) is 9.48. The van der Waals surface area contributed by atoms with Crippen LogP contribution in [0.5, 0.6) is 0 Å². The molecule has 27 heavy (non-hydrogen) atoms. The molecule has 0 bridgehead atoms. The minimum absolute atomic E-state index is 0.0808. The van der Waals surface area contributed by atoms with Gasteiger partial charge in [-0.15, -0.1) is 16.4 Å². The number of fused-ring (bicyclic) bond motifs is 5. The van der Waals surface area contributed by atoms with Gasteiger partial charge >= 0.3 is 6.18 Å². The van der Waals surface area contributed by atoms with Gasteiger partial charge in [-0.1, -0.05) is 0 Å². The van der Waals surface area contributed by atoms with Crippen molar-refractivity contribution in [1.82, 2.24) is 29.4 Å². The molecule has 6 nitrogen and oxygen atoms in total. The van der Waals surface area contributed by atoms with E-state index in [-0.39, 0.29) is 6.54 Å². The zero-order valence-corrected chi connectivity index (χ0v) is 15.2. The minimum atomic E-state index is -4.46. The Morgan fingerprint density at radius 1 is 1.19 bits per heavy atom. The Hall–Kier alpha value is -2.49. The van der Waals surface area contributed by atoms with Gasteiger partial charge in [-0.25, -0.2) is 14.5 Å². The first-order valence-electron chi connectivity index (χ1n) is 8.66. The van der Waals surface area contributed by atoms with Crippen molar-refractivity contribution in [2.75, 3.05) is 0 Å². The lowest BCUT2D eigenvalue weighted by molar-refractivity contribution is -0.141. The summed E-state index contributed by atoms with van der Waals surface area (Å²) in [5.41, 5.74) is 1.53. The Morgan fingerprint density at radius 3 is 2.78 bits per heavy atom. The number of thiophene rings is 1. The number of hydrogen-bond donors (Lipinski definition) is 0. The van der Waals surface area contributed by atoms with Gasteiger partial charge in [-0.05, 0) is 44.2 Å². The molecule has 0 saturated heterocycles. The summed E-state index contributed by atoms with van der Waals surface area (Å²) < 4.78 is 41.5. The molecule has 4 aromatic heterocycles. The van der Waals surface area contributed by atoms with Crippen LogP contribution in [0.1, 0.15) is 40.5 Å². The van der Waals surface area contributed by atoms with Gasteiger partial charge in [0.15, 0.2) is 17.2 Å². The van der Waals surface area contributed by atoms with E-state index in [1.165, 1.54) is 21.5 Å². The van der Waals surface area contributed by atoms with Crippen LogP contribution in [0.15, 0.2) is 12.4 Å². The highest BCUT2D eigenvalue weighted by Crippen LogP contribution is 2.37. The van der Waals surface area contributed by atoms with E-state index in [1.54, 1.807) is 29.1 Å². The number of rotatable bonds is 2. The lowest BCUT2D eigenvalue weighted by Gasteiger charge is -2.09. The normalized spacial score (nSPS) is 15.0. The smallest absolute Gasteiger partial charge is 0.262 e. The first kappa shape index (κ1) is 16.7. The van der Waals surface area contributed by atoms with Crippen LogP contribution in [0.3, 0.4) is 0 Å². The third-order valence-corrected chi connectivity index (χ3v) is 6.10. The zero-order valence-electron chi connectivity index (χ0n) is 14.4. The van der Waals surface area contributed by atoms with Crippen LogP contribution in [0, 0.1) is 6.92 Å². The summed E-state index contributed by atoms with van der Waals surface area (Å²) in [6.07, 6.45) is 1.56. The molecule has 0 aromatic carbocycles. The highest BCUT2D eigenvalue weighted by atomic mass is 32.1. The Labute approximate surface area is 155 Å². The molecule has 140 valence electrons. The molecule has 1 aliphatic rings. The maximum atomic E-state index is 12.9. The van der Waals surface area contributed by atoms with Gasteiger partial charge in [0, 0.05) is 10.6 Å². The maximum absolute atomic E-state index is 12.9. The van der Waals surface area contributed by atoms with E-state index in [0.717, 1.165) is 41.2 Å². The number of hydrogen-bond acceptors (Lipinski definition) is 5. The van der Waals surface area contributed by atoms with Crippen LogP contribution in [-0.2, 0) is 25.6 Å². The standard InChI is InChI=1S/C17H15F3N6S/c1-9-6-12(17(18,19)20)23-25(9)7-13-22-15-14-10-4-2-3-5-11(10)27-16(14)21-8-26(15)24-13/h6,8H,2-5,7H2,1H3. The Bertz CT molecular complexity index is 1170. The van der Waals surface area contributed by atoms with Crippen LogP contribution in [-0.4, -0.2) is 29.4 Å². The molecule has 4 heterocycles. The number of alkyl halides is 3. The monoisotopic (exact) mass is 392 g/mol. The SMILES string of the molecule is Cc1cc(C(F)(F)F)nn1Cc1nc2c3c4c(sc3ncn2n1)CCCC4. The molecule has 0 N–H and O–H groups in total. The fourth-order valence-electron chi connectivity index (χ4n) is 3.61. The molecular weight excluding hydrogens is 377 g/mol. The molecule has 0 spiro atoms. The summed E-state index contributed by atoms with van der Waals surface area (Å²) >= 11 is 1.70. The average molecular weight is 392 g/mol. The highest BCUT2D eigenvalue weighted by molar-refractivity contribution is 7.19. The van der Waals surface area contributed by atoms with Gasteiger partial charge in [-0.2, -0.15) is 18.3 Å². The van der Waals surface area contributed by atoms with Gasteiger partial charge in [0.2, 0.25) is 0 Å². The molecule has 4 aromatic rings. The number of aryl methyl sites for hydroxylation is 3. The van der Waals surface area contributed by atoms with Gasteiger partial charge < -0.3 is 0 Å². The molecule has 0 fully saturated rings. The van der Waals surface area contributed by atoms with Crippen molar-refractivity contribution in [1.29, 1.82) is 0 Å². The fraction of sp³-hybridized carbons (Fsp3) is 0.412. The summed E-state index contributed by atoms with van der Waals surface area (Å²) in [5.74, 6) is 0.417. The van der Waals surface area contributed by atoms with Crippen molar-refractivity contribution in [2.45, 2.75) is 45.3 Å². The third-order valence-electron chi connectivity index (χ3n) is 4.90. The van der Waals surface area contributed by atoms with E-state index in [4.69, 9.17) is 0 Å². The first-order chi connectivity index (χ1) is 12.9. The molecule has 0 aliphatic heterocycles. The van der Waals surface area contributed by atoms with Gasteiger partial charge in [0.05, 0.1) is 5.39 Å². The lowest BCUT2D eigenvalue weighted by Crippen LogP contribution is -2.09. The molecule has 0 saturated carbocycles. The Kier molecular flexibility index (Phi) is 3.55. The van der Waals surface area contributed by atoms with E-state index in [0.29, 0.717) is 11.5 Å². The molecule has 0 unspecified atom stereocenters. The average Bonchev–Trinajstić information content (AvgIpc) is 3.29. The third kappa shape index (κ3) is 2.70. The Balaban J connectivity index is 1.58. The molecule has 5 rings (SSSR count). The fourth-order valence-corrected chi connectivity index (χ4v) is 4.83. The van der Waals surface area contributed by atoms with Crippen molar-refractivity contribution < 1.29 is 13.2 Å². The second-order valence-electron chi connectivity index (χ2n) is 6.76. The molecule has 0 radical (unpaired) electrons. The van der Waals surface area contributed by atoms with E-state index in [1.807, 2.05) is 0 Å². The highest BCUT2D eigenvalue weighted by Gasteiger charge is 2.34. The predicted molar refractivity (Wildman–Crippen MR) is 93.9 cm³/mol. The summed E-state index contributed by atoms with van der Waals surface area (Å²) in [7, 11) is 0. The quantitative estimate of drug-likeness (QED) is 0.521. The predicted octanol–water partition coefficient (Wildman–Crippen LogP) is 3.79. The van der Waals surface area contributed by atoms with Crippen molar-refractivity contribution in [2.24, 2.45) is 0 Å². The van der Waals surface area contributed by atoms with E-state index < -0.39 is 11.9 Å². The van der Waals surface area contributed by atoms with Crippen molar-refractivity contribution >= 4 is 27.2 Å². The summed E-state index contributed by atoms with van der Waals surface area (Å²) in [4.78, 5) is 11.4. The van der Waals surface area contributed by atoms with E-state index in [2.05, 4.69) is 20.2 Å². The Morgan fingerprint density at radius 2 is 2.00 bits per heavy atom. The second-order valence-corrected chi connectivity index (χ2v) is 7.84. The largest absolute Gasteiger partial charge is 0.435 e. The molecular formula is C17H15F3N6S. The van der Waals surface area contributed by atoms with Crippen LogP contribution < -0.4 is 0 Å². The van der Waals surface area contributed by atoms with Gasteiger partial charge in [0.1, 0.15) is 17.7 Å². The molecule has 1 aliphatic carbocycles. The molecule has 0 atom stereocenters. The topological polar surface area (TPSA) is 60.9 Å². The maximum Gasteiger partial charge on any atom is 0.435 e. The van der Waals surface area contributed by atoms with Crippen molar-refractivity contribution in [3.05, 3.63) is 40.0 Å². The van der Waals surface area contributed by atoms with E-state index in [9.17, 15) is 13.2 Å². The van der Waals surface area contributed by atoms with Crippen LogP contribution in [0.4, 0.5) is 13.2 Å². The van der Waals surface area contributed by atoms with Crippen molar-refractivity contribution in [3.8, 4) is 0 Å². The number of nitrogens with zero attached hydrogens (tertiary/aromatic N) is 6. The van der Waals surface area contributed by atoms with Crippen molar-refractivity contribution in [3.63, 3.8) is 0 Å². The van der Waals surface area contributed by atoms with Crippen LogP contribution in [0.25, 0.3) is 15.9 Å². The lowest BCUT2D eigenvalue weighted by atomic mass is 9.97. The van der Waals surface area contributed by atoms with Crippen LogP contribution >= 0.6 is 11.3 Å². The van der Waals surface area contributed by atoms with Crippen LogP contribution in [0.2, 0.25) is 0 Å². The van der Waals surface area contributed by atoms with E-state index >= 15 is 0 Å². The van der Waals surface area contributed by atoms with Gasteiger partial charge in [0.25, 0.3) is 0 Å². The number of halogens is 3. The van der Waals surface area contributed by atoms with Gasteiger partial charge in [-0.3, -0.25) is 4.68 Å². The molecule has 0 amide bonds. The minimum Gasteiger partial charge on any atom is -0.262 e. The zero-order chi connectivity index (χ0) is 18.8. The number of aromatic nitrogens is 6. The summed E-state index contributed by atoms with van der Waals surface area (Å²) in [6.45, 7) is 1.67. The second kappa shape index (κ2) is 5.75. The summed E-state index contributed by atoms with van der Waals surface area (Å²) in [6, 6.07) is 1.03.